The van der Waals surface area contributed by atoms with Crippen LogP contribution in [0.1, 0.15) is 5.56 Å². The van der Waals surface area contributed by atoms with Crippen molar-refractivity contribution in [2.45, 2.75) is 6.61 Å². The number of amides is 2. The highest BCUT2D eigenvalue weighted by molar-refractivity contribution is 6.31. The average molecular weight is 366 g/mol. The fourth-order valence-electron chi connectivity index (χ4n) is 1.11. The first-order valence-corrected chi connectivity index (χ1v) is 7.48. The SMILES string of the molecule is CN(C)C(=O)CCl.CN(C)C(=O)COc1cncc(Cl)c1CO. The van der Waals surface area contributed by atoms with Crippen molar-refractivity contribution in [3.8, 4) is 5.75 Å². The summed E-state index contributed by atoms with van der Waals surface area (Å²) in [7, 11) is 6.61. The zero-order valence-electron chi connectivity index (χ0n) is 13.5. The van der Waals surface area contributed by atoms with Gasteiger partial charge in [-0.1, -0.05) is 11.6 Å². The van der Waals surface area contributed by atoms with Gasteiger partial charge in [-0.15, -0.1) is 11.6 Å². The summed E-state index contributed by atoms with van der Waals surface area (Å²) in [6.07, 6.45) is 2.83. The quantitative estimate of drug-likeness (QED) is 0.787. The number of hydrogen-bond acceptors (Lipinski definition) is 5. The lowest BCUT2D eigenvalue weighted by Gasteiger charge is -2.13. The molecule has 0 aliphatic rings. The van der Waals surface area contributed by atoms with Gasteiger partial charge in [0.2, 0.25) is 5.91 Å². The van der Waals surface area contributed by atoms with Crippen molar-refractivity contribution in [2.24, 2.45) is 0 Å². The summed E-state index contributed by atoms with van der Waals surface area (Å²) in [5.41, 5.74) is 0.434. The van der Waals surface area contributed by atoms with E-state index in [-0.39, 0.29) is 30.9 Å². The number of hydrogen-bond donors (Lipinski definition) is 1. The third-order valence-electron chi connectivity index (χ3n) is 2.59. The van der Waals surface area contributed by atoms with Crippen LogP contribution in [0.25, 0.3) is 0 Å². The number of nitrogens with zero attached hydrogens (tertiary/aromatic N) is 3. The molecule has 130 valence electrons. The van der Waals surface area contributed by atoms with E-state index >= 15 is 0 Å². The van der Waals surface area contributed by atoms with E-state index in [2.05, 4.69) is 4.98 Å². The van der Waals surface area contributed by atoms with E-state index in [9.17, 15) is 9.59 Å². The number of aliphatic hydroxyl groups excluding tert-OH is 1. The van der Waals surface area contributed by atoms with Gasteiger partial charge in [0, 0.05) is 40.0 Å². The van der Waals surface area contributed by atoms with Crippen molar-refractivity contribution < 1.29 is 19.4 Å². The smallest absolute Gasteiger partial charge is 0.259 e. The predicted molar refractivity (Wildman–Crippen MR) is 88.8 cm³/mol. The maximum absolute atomic E-state index is 11.3. The largest absolute Gasteiger partial charge is 0.482 e. The predicted octanol–water partition coefficient (Wildman–Crippen LogP) is 1.01. The van der Waals surface area contributed by atoms with Crippen LogP contribution in [-0.2, 0) is 16.2 Å². The van der Waals surface area contributed by atoms with Crippen LogP contribution in [0.5, 0.6) is 5.75 Å². The van der Waals surface area contributed by atoms with E-state index in [1.54, 1.807) is 28.2 Å². The highest BCUT2D eigenvalue weighted by Gasteiger charge is 2.10. The molecule has 23 heavy (non-hydrogen) atoms. The third kappa shape index (κ3) is 8.01. The molecule has 0 atom stereocenters. The maximum atomic E-state index is 11.3. The topological polar surface area (TPSA) is 83.0 Å². The molecule has 1 N–H and O–H groups in total. The lowest BCUT2D eigenvalue weighted by atomic mass is 10.2. The Kier molecular flexibility index (Phi) is 10.3. The molecular weight excluding hydrogens is 345 g/mol. The van der Waals surface area contributed by atoms with Crippen LogP contribution >= 0.6 is 23.2 Å². The van der Waals surface area contributed by atoms with Crippen molar-refractivity contribution in [3.05, 3.63) is 23.0 Å². The Morgan fingerprint density at radius 1 is 1.17 bits per heavy atom. The number of aromatic nitrogens is 1. The molecule has 0 spiro atoms. The molecule has 0 bridgehead atoms. The number of carbonyl (C=O) groups excluding carboxylic acids is 2. The lowest BCUT2D eigenvalue weighted by Crippen LogP contribution is -2.27. The zero-order chi connectivity index (χ0) is 18.0. The molecule has 1 rings (SSSR count). The second-order valence-corrected chi connectivity index (χ2v) is 5.43. The number of rotatable bonds is 5. The standard InChI is InChI=1S/C10H13ClN2O3.C4H8ClNO/c1-13(2)10(15)6-16-9-4-12-3-8(11)7(9)5-14;1-6(2)4(7)3-5/h3-4,14H,5-6H2,1-2H3;3H2,1-2H3. The third-order valence-corrected chi connectivity index (χ3v) is 3.14. The Bertz CT molecular complexity index is 525. The average Bonchev–Trinajstić information content (AvgIpc) is 2.52. The second-order valence-electron chi connectivity index (χ2n) is 4.75. The fraction of sp³-hybridized carbons (Fsp3) is 0.500. The molecule has 0 unspecified atom stereocenters. The molecule has 0 aromatic carbocycles. The molecule has 9 heteroatoms. The molecule has 1 aromatic heterocycles. The second kappa shape index (κ2) is 11.0. The van der Waals surface area contributed by atoms with Crippen LogP contribution < -0.4 is 4.74 Å². The van der Waals surface area contributed by atoms with Crippen molar-refractivity contribution in [1.82, 2.24) is 14.8 Å². The molecular formula is C14H21Cl2N3O4. The summed E-state index contributed by atoms with van der Waals surface area (Å²) in [5, 5.41) is 9.40. The summed E-state index contributed by atoms with van der Waals surface area (Å²) >= 11 is 11.0. The maximum Gasteiger partial charge on any atom is 0.259 e. The zero-order valence-corrected chi connectivity index (χ0v) is 15.1. The van der Waals surface area contributed by atoms with Crippen LogP contribution in [-0.4, -0.2) is 72.4 Å². The number of likely N-dealkylation sites (N-methyl/N-ethyl adjacent to an activating group) is 1. The molecule has 0 aliphatic carbocycles. The summed E-state index contributed by atoms with van der Waals surface area (Å²) in [5.74, 6) is 0.170. The normalized spacial score (nSPS) is 9.52. The monoisotopic (exact) mass is 365 g/mol. The Morgan fingerprint density at radius 3 is 2.13 bits per heavy atom. The van der Waals surface area contributed by atoms with E-state index in [1.165, 1.54) is 22.2 Å². The molecule has 0 saturated carbocycles. The van der Waals surface area contributed by atoms with E-state index < -0.39 is 0 Å². The van der Waals surface area contributed by atoms with E-state index in [0.717, 1.165) is 0 Å². The number of pyridine rings is 1. The van der Waals surface area contributed by atoms with Gasteiger partial charge in [-0.05, 0) is 0 Å². The van der Waals surface area contributed by atoms with Gasteiger partial charge in [-0.2, -0.15) is 0 Å². The summed E-state index contributed by atoms with van der Waals surface area (Å²) < 4.78 is 5.23. The summed E-state index contributed by atoms with van der Waals surface area (Å²) in [6.45, 7) is -0.366. The number of ether oxygens (including phenoxy) is 1. The minimum atomic E-state index is -0.257. The number of alkyl halides is 1. The molecule has 0 aliphatic heterocycles. The van der Waals surface area contributed by atoms with Crippen molar-refractivity contribution in [2.75, 3.05) is 40.7 Å². The van der Waals surface area contributed by atoms with Gasteiger partial charge in [0.05, 0.1) is 17.8 Å². The van der Waals surface area contributed by atoms with E-state index in [1.807, 2.05) is 0 Å². The first kappa shape index (κ1) is 21.4. The molecule has 1 aromatic rings. The fourth-order valence-corrected chi connectivity index (χ4v) is 1.56. The van der Waals surface area contributed by atoms with Gasteiger partial charge >= 0.3 is 0 Å². The molecule has 0 fully saturated rings. The Hall–Kier alpha value is -1.57. The minimum absolute atomic E-state index is 0.0540. The molecule has 1 heterocycles. The molecule has 7 nitrogen and oxygen atoms in total. The lowest BCUT2D eigenvalue weighted by molar-refractivity contribution is -0.130. The Balaban J connectivity index is 0.000000585. The van der Waals surface area contributed by atoms with E-state index in [0.29, 0.717) is 16.3 Å². The first-order chi connectivity index (χ1) is 10.7. The van der Waals surface area contributed by atoms with E-state index in [4.69, 9.17) is 33.0 Å². The number of aliphatic hydroxyl groups is 1. The van der Waals surface area contributed by atoms with Crippen LogP contribution in [0.2, 0.25) is 5.02 Å². The van der Waals surface area contributed by atoms with Gasteiger partial charge in [-0.25, -0.2) is 0 Å². The van der Waals surface area contributed by atoms with Crippen LogP contribution in [0.3, 0.4) is 0 Å². The highest BCUT2D eigenvalue weighted by Crippen LogP contribution is 2.24. The summed E-state index contributed by atoms with van der Waals surface area (Å²) in [6, 6.07) is 0. The van der Waals surface area contributed by atoms with Gasteiger partial charge < -0.3 is 19.6 Å². The Labute approximate surface area is 145 Å². The number of carbonyl (C=O) groups is 2. The first-order valence-electron chi connectivity index (χ1n) is 6.56. The van der Waals surface area contributed by atoms with Crippen molar-refractivity contribution in [1.29, 1.82) is 0 Å². The van der Waals surface area contributed by atoms with Crippen LogP contribution in [0.15, 0.2) is 12.4 Å². The molecule has 0 radical (unpaired) electrons. The van der Waals surface area contributed by atoms with Crippen molar-refractivity contribution in [3.63, 3.8) is 0 Å². The van der Waals surface area contributed by atoms with Crippen molar-refractivity contribution >= 4 is 35.0 Å². The van der Waals surface area contributed by atoms with Gasteiger partial charge in [0.15, 0.2) is 6.61 Å². The molecule has 0 saturated heterocycles. The van der Waals surface area contributed by atoms with Gasteiger partial charge in [0.1, 0.15) is 11.6 Å². The Morgan fingerprint density at radius 2 is 1.74 bits per heavy atom. The van der Waals surface area contributed by atoms with Crippen LogP contribution in [0.4, 0.5) is 0 Å². The number of halogens is 2. The van der Waals surface area contributed by atoms with Gasteiger partial charge in [0.25, 0.3) is 5.91 Å². The molecule has 2 amide bonds. The minimum Gasteiger partial charge on any atom is -0.482 e. The highest BCUT2D eigenvalue weighted by atomic mass is 35.5. The van der Waals surface area contributed by atoms with Gasteiger partial charge in [-0.3, -0.25) is 14.6 Å². The summed E-state index contributed by atoms with van der Waals surface area (Å²) in [4.78, 5) is 28.3. The van der Waals surface area contributed by atoms with Crippen LogP contribution in [0, 0.1) is 0 Å².